The highest BCUT2D eigenvalue weighted by molar-refractivity contribution is 8.15. The van der Waals surface area contributed by atoms with Crippen molar-refractivity contribution in [2.45, 2.75) is 84.7 Å². The van der Waals surface area contributed by atoms with E-state index in [1.54, 1.807) is 23.5 Å². The number of rotatable bonds is 9. The van der Waals surface area contributed by atoms with Crippen LogP contribution in [0.3, 0.4) is 0 Å². The summed E-state index contributed by atoms with van der Waals surface area (Å²) in [5.41, 5.74) is 0. The average molecular weight is 607 g/mol. The van der Waals surface area contributed by atoms with Gasteiger partial charge in [0.1, 0.15) is 6.54 Å². The summed E-state index contributed by atoms with van der Waals surface area (Å²) >= 11 is 16.5. The number of fused-ring (bicyclic) bond motifs is 2. The molecule has 3 fully saturated rings. The lowest BCUT2D eigenvalue weighted by Crippen LogP contribution is -2.40. The van der Waals surface area contributed by atoms with Gasteiger partial charge in [0.05, 0.1) is 30.5 Å². The Hall–Kier alpha value is 0.310. The summed E-state index contributed by atoms with van der Waals surface area (Å²) in [6, 6.07) is 0.384. The molecule has 14 heteroatoms. The molecular formula is C21H31Cl2N2O6S4-. The molecule has 2 aliphatic carbocycles. The van der Waals surface area contributed by atoms with Crippen molar-refractivity contribution in [1.82, 2.24) is 4.90 Å². The van der Waals surface area contributed by atoms with Crippen LogP contribution in [0.5, 0.6) is 0 Å². The average Bonchev–Trinajstić information content (AvgIpc) is 3.24. The highest BCUT2D eigenvalue weighted by Crippen LogP contribution is 2.48. The molecule has 0 radical (unpaired) electrons. The predicted molar refractivity (Wildman–Crippen MR) is 141 cm³/mol. The third-order valence-corrected chi connectivity index (χ3v) is 12.4. The fraction of sp³-hybridized carbons (Fsp3) is 0.857. The highest BCUT2D eigenvalue weighted by atomic mass is 35.5. The maximum atomic E-state index is 11.2. The van der Waals surface area contributed by atoms with Crippen LogP contribution in [0.25, 0.3) is 0 Å². The normalized spacial score (nSPS) is 35.0. The standard InChI is InChI=1S/C21H32Cl2N2O6S4/c22-14-3-5-18-16(11-14)24(7-1-9-34(26,27)28)20(32-18)13-21-25(8-2-10-35(29,30)31)17-12-15(23)4-6-19(17)33-21/h13-19H,1-12H2,(H-,26,27,28,29,30,31)/p-1. The Kier molecular flexibility index (Phi) is 9.38. The van der Waals surface area contributed by atoms with Crippen molar-refractivity contribution < 1.29 is 30.5 Å². The molecule has 0 N–H and O–H groups in total. The van der Waals surface area contributed by atoms with E-state index >= 15 is 0 Å². The smallest absolute Gasteiger partial charge is 0.238 e. The number of alkyl halides is 2. The number of halogens is 2. The van der Waals surface area contributed by atoms with Crippen molar-refractivity contribution in [3.05, 3.63) is 11.1 Å². The molecule has 0 amide bonds. The van der Waals surface area contributed by atoms with Crippen molar-refractivity contribution in [2.75, 3.05) is 24.6 Å². The number of hydrogen-bond donors (Lipinski definition) is 0. The number of thioether (sulfide) groups is 2. The molecule has 4 rings (SSSR count). The summed E-state index contributed by atoms with van der Waals surface area (Å²) in [5, 5.41) is 2.95. The van der Waals surface area contributed by atoms with Gasteiger partial charge < -0.3 is 14.0 Å². The van der Waals surface area contributed by atoms with Crippen LogP contribution in [0.4, 0.5) is 0 Å². The largest absolute Gasteiger partial charge is 0.748 e. The first kappa shape index (κ1) is 28.3. The fourth-order valence-corrected chi connectivity index (χ4v) is 10.3. The van der Waals surface area contributed by atoms with E-state index in [0.717, 1.165) is 48.6 Å². The van der Waals surface area contributed by atoms with Crippen LogP contribution in [-0.4, -0.2) is 98.4 Å². The Morgan fingerprint density at radius 1 is 0.914 bits per heavy atom. The molecule has 2 saturated carbocycles. The van der Waals surface area contributed by atoms with Crippen LogP contribution < -0.4 is 0 Å². The summed E-state index contributed by atoms with van der Waals surface area (Å²) in [6.45, 7) is 0.933. The first-order chi connectivity index (χ1) is 16.4. The fourth-order valence-electron chi connectivity index (χ4n) is 5.56. The van der Waals surface area contributed by atoms with E-state index in [-0.39, 0.29) is 35.7 Å². The molecule has 0 aromatic heterocycles. The highest BCUT2D eigenvalue weighted by Gasteiger charge is 2.47. The maximum Gasteiger partial charge on any atom is 0.238 e. The Balaban J connectivity index is 1.60. The molecular weight excluding hydrogens is 575 g/mol. The van der Waals surface area contributed by atoms with Crippen LogP contribution >= 0.6 is 46.7 Å². The molecule has 0 spiro atoms. The van der Waals surface area contributed by atoms with Crippen molar-refractivity contribution in [3.63, 3.8) is 0 Å². The number of nitrogens with zero attached hydrogens (tertiary/aromatic N) is 2. The second-order valence-electron chi connectivity index (χ2n) is 9.71. The van der Waals surface area contributed by atoms with E-state index in [2.05, 4.69) is 15.6 Å². The molecule has 4 aliphatic rings. The first-order valence-electron chi connectivity index (χ1n) is 12.0. The third-order valence-electron chi connectivity index (χ3n) is 7.13. The molecule has 0 aromatic rings. The van der Waals surface area contributed by atoms with E-state index in [0.29, 0.717) is 23.6 Å². The van der Waals surface area contributed by atoms with Gasteiger partial charge in [0, 0.05) is 59.0 Å². The van der Waals surface area contributed by atoms with E-state index in [1.807, 2.05) is 0 Å². The maximum absolute atomic E-state index is 11.2. The van der Waals surface area contributed by atoms with Crippen LogP contribution in [0.2, 0.25) is 0 Å². The van der Waals surface area contributed by atoms with E-state index in [4.69, 9.17) is 23.2 Å². The summed E-state index contributed by atoms with van der Waals surface area (Å²) in [6.07, 6.45) is 8.10. The Labute approximate surface area is 226 Å². The minimum absolute atomic E-state index is 0.0736. The quantitative estimate of drug-likeness (QED) is 0.222. The van der Waals surface area contributed by atoms with Gasteiger partial charge in [0.25, 0.3) is 0 Å². The minimum Gasteiger partial charge on any atom is -0.748 e. The summed E-state index contributed by atoms with van der Waals surface area (Å²) in [5.74, 6) is -0.795. The number of hydrogen-bond acceptors (Lipinski definition) is 9. The molecule has 6 unspecified atom stereocenters. The summed E-state index contributed by atoms with van der Waals surface area (Å²) < 4.78 is 69.3. The lowest BCUT2D eigenvalue weighted by molar-refractivity contribution is -0.561. The molecule has 0 aromatic carbocycles. The predicted octanol–water partition coefficient (Wildman–Crippen LogP) is 2.96. The zero-order valence-corrected chi connectivity index (χ0v) is 24.0. The van der Waals surface area contributed by atoms with Crippen molar-refractivity contribution in [3.8, 4) is 0 Å². The van der Waals surface area contributed by atoms with Gasteiger partial charge in [-0.15, -0.1) is 35.0 Å². The van der Waals surface area contributed by atoms with Crippen molar-refractivity contribution in [2.24, 2.45) is 0 Å². The van der Waals surface area contributed by atoms with Gasteiger partial charge in [0.2, 0.25) is 5.04 Å². The molecule has 200 valence electrons. The van der Waals surface area contributed by atoms with Crippen molar-refractivity contribution in [1.29, 1.82) is 0 Å². The van der Waals surface area contributed by atoms with Crippen LogP contribution in [0.15, 0.2) is 11.1 Å². The lowest BCUT2D eigenvalue weighted by atomic mass is 9.93. The molecule has 1 saturated heterocycles. The molecule has 35 heavy (non-hydrogen) atoms. The zero-order valence-electron chi connectivity index (χ0n) is 19.3. The third kappa shape index (κ3) is 7.68. The molecule has 6 atom stereocenters. The Morgan fingerprint density at radius 2 is 1.54 bits per heavy atom. The van der Waals surface area contributed by atoms with Crippen LogP contribution in [0, 0.1) is 0 Å². The van der Waals surface area contributed by atoms with E-state index in [1.165, 1.54) is 0 Å². The van der Waals surface area contributed by atoms with Gasteiger partial charge >= 0.3 is 0 Å². The van der Waals surface area contributed by atoms with Crippen LogP contribution in [0.1, 0.15) is 51.4 Å². The first-order valence-corrected chi connectivity index (χ1v) is 17.8. The van der Waals surface area contributed by atoms with Crippen LogP contribution in [-0.2, 0) is 20.2 Å². The Bertz CT molecular complexity index is 1070. The molecule has 2 aliphatic heterocycles. The summed E-state index contributed by atoms with van der Waals surface area (Å²) in [7, 11) is -8.56. The zero-order chi connectivity index (χ0) is 25.4. The van der Waals surface area contributed by atoms with E-state index < -0.39 is 31.7 Å². The Morgan fingerprint density at radius 3 is 2.23 bits per heavy atom. The van der Waals surface area contributed by atoms with Gasteiger partial charge in [-0.05, 0) is 50.3 Å². The molecule has 0 bridgehead atoms. The minimum atomic E-state index is -4.28. The monoisotopic (exact) mass is 605 g/mol. The van der Waals surface area contributed by atoms with Gasteiger partial charge in [-0.3, -0.25) is 0 Å². The van der Waals surface area contributed by atoms with Crippen molar-refractivity contribution >= 4 is 72.0 Å². The SMILES string of the molecule is O=S(=O)([O-])CCCN1C(=CC2=[N+](CCCS(=O)(=O)[O-])C3CC(Cl)CCC3S2)SC2CCC(Cl)CC21. The van der Waals surface area contributed by atoms with Gasteiger partial charge in [-0.25, -0.2) is 21.4 Å². The van der Waals surface area contributed by atoms with Gasteiger partial charge in [0.15, 0.2) is 6.04 Å². The molecule has 2 heterocycles. The second-order valence-corrected chi connectivity index (χ2v) is 16.5. The molecule has 8 nitrogen and oxygen atoms in total. The van der Waals surface area contributed by atoms with E-state index in [9.17, 15) is 25.9 Å². The summed E-state index contributed by atoms with van der Waals surface area (Å²) in [4.78, 5) is 2.22. The van der Waals surface area contributed by atoms with Gasteiger partial charge in [-0.1, -0.05) is 0 Å². The lowest BCUT2D eigenvalue weighted by Gasteiger charge is -2.34. The topological polar surface area (TPSA) is 121 Å². The van der Waals surface area contributed by atoms with Gasteiger partial charge in [-0.2, -0.15) is 0 Å². The second kappa shape index (κ2) is 11.6.